The molecule has 0 radical (unpaired) electrons. The standard InChI is InChI=1S/C26H20Cl2N6O3/c1-33-14-30-32-24(33)26(37,16-5-8-18(27)9-6-16)17-7-10-21-20(12-17)23(15-3-2-4-19(28)11-15)31-25(36)34(21)13-22(29)35/h2-12,14,37H,13H2,1H3,(H2,29,35)/p+1. The van der Waals surface area contributed by atoms with Gasteiger partial charge in [0.15, 0.2) is 0 Å². The van der Waals surface area contributed by atoms with Gasteiger partial charge in [-0.15, -0.1) is 5.10 Å². The van der Waals surface area contributed by atoms with Crippen LogP contribution in [0.5, 0.6) is 0 Å². The van der Waals surface area contributed by atoms with Gasteiger partial charge in [0.05, 0.1) is 18.3 Å². The predicted octanol–water partition coefficient (Wildman–Crippen LogP) is 2.69. The molecule has 0 aliphatic rings. The molecular formula is C26H21Cl2N6O3+. The van der Waals surface area contributed by atoms with Gasteiger partial charge in [-0.1, -0.05) is 53.5 Å². The summed E-state index contributed by atoms with van der Waals surface area (Å²) in [4.78, 5) is 29.0. The number of aromatic amines is 1. The minimum atomic E-state index is -1.69. The first-order valence-electron chi connectivity index (χ1n) is 11.2. The molecule has 0 saturated heterocycles. The number of hydrogen-bond acceptors (Lipinski definition) is 5. The monoisotopic (exact) mass is 535 g/mol. The van der Waals surface area contributed by atoms with Crippen LogP contribution in [0.25, 0.3) is 22.2 Å². The molecule has 2 aromatic heterocycles. The van der Waals surface area contributed by atoms with Gasteiger partial charge >= 0.3 is 5.69 Å². The van der Waals surface area contributed by atoms with E-state index in [1.54, 1.807) is 84.7 Å². The van der Waals surface area contributed by atoms with Crippen LogP contribution in [0.2, 0.25) is 10.0 Å². The van der Waals surface area contributed by atoms with E-state index in [-0.39, 0.29) is 6.54 Å². The van der Waals surface area contributed by atoms with Crippen molar-refractivity contribution in [1.29, 1.82) is 0 Å². The average molecular weight is 536 g/mol. The number of amides is 1. The maximum absolute atomic E-state index is 12.9. The van der Waals surface area contributed by atoms with Gasteiger partial charge in [-0.2, -0.15) is 4.98 Å². The highest BCUT2D eigenvalue weighted by Crippen LogP contribution is 2.37. The number of nitrogens with zero attached hydrogens (tertiary/aromatic N) is 4. The second kappa shape index (κ2) is 9.44. The Hall–Kier alpha value is -4.05. The minimum Gasteiger partial charge on any atom is -0.371 e. The highest BCUT2D eigenvalue weighted by molar-refractivity contribution is 6.31. The van der Waals surface area contributed by atoms with E-state index in [1.807, 2.05) is 0 Å². The molecule has 0 bridgehead atoms. The topological polar surface area (TPSA) is 131 Å². The van der Waals surface area contributed by atoms with E-state index in [0.717, 1.165) is 0 Å². The quantitative estimate of drug-likeness (QED) is 0.287. The molecule has 0 fully saturated rings. The van der Waals surface area contributed by atoms with Crippen molar-refractivity contribution in [2.24, 2.45) is 12.8 Å². The van der Waals surface area contributed by atoms with Gasteiger partial charge in [0.2, 0.25) is 11.5 Å². The number of primary amides is 1. The first-order valence-corrected chi connectivity index (χ1v) is 11.9. The summed E-state index contributed by atoms with van der Waals surface area (Å²) < 4.78 is 2.87. The summed E-state index contributed by atoms with van der Waals surface area (Å²) in [6.07, 6.45) is 1.54. The van der Waals surface area contributed by atoms with E-state index in [4.69, 9.17) is 28.9 Å². The molecule has 11 heteroatoms. The maximum Gasteiger partial charge on any atom is 0.349 e. The number of fused-ring (bicyclic) bond motifs is 1. The summed E-state index contributed by atoms with van der Waals surface area (Å²) in [6, 6.07) is 18.8. The molecule has 37 heavy (non-hydrogen) atoms. The number of aliphatic hydroxyl groups is 1. The third-order valence-corrected chi connectivity index (χ3v) is 6.66. The van der Waals surface area contributed by atoms with Gasteiger partial charge in [-0.3, -0.25) is 9.36 Å². The summed E-state index contributed by atoms with van der Waals surface area (Å²) in [5.41, 5.74) is 5.43. The molecule has 0 aliphatic heterocycles. The minimum absolute atomic E-state index is 0.345. The van der Waals surface area contributed by atoms with Crippen LogP contribution < -0.4 is 16.0 Å². The highest BCUT2D eigenvalue weighted by Gasteiger charge is 2.42. The fourth-order valence-electron chi connectivity index (χ4n) is 4.45. The number of nitrogens with one attached hydrogen (secondary N) is 1. The first-order chi connectivity index (χ1) is 17.7. The van der Waals surface area contributed by atoms with Crippen LogP contribution in [-0.2, 0) is 24.0 Å². The molecule has 186 valence electrons. The summed E-state index contributed by atoms with van der Waals surface area (Å²) in [5, 5.41) is 20.8. The van der Waals surface area contributed by atoms with Crippen molar-refractivity contribution in [3.05, 3.63) is 111 Å². The van der Waals surface area contributed by atoms with Crippen molar-refractivity contribution >= 4 is 40.0 Å². The second-order valence-corrected chi connectivity index (χ2v) is 9.44. The molecule has 9 nitrogen and oxygen atoms in total. The Bertz CT molecular complexity index is 1710. The molecule has 1 unspecified atom stereocenters. The number of aryl methyl sites for hydroxylation is 1. The van der Waals surface area contributed by atoms with Gasteiger partial charge in [0.25, 0.3) is 12.2 Å². The third kappa shape index (κ3) is 4.37. The number of aromatic nitrogens is 5. The number of H-pyrrole nitrogens is 1. The molecule has 1 amide bonds. The van der Waals surface area contributed by atoms with E-state index in [2.05, 4.69) is 15.2 Å². The van der Waals surface area contributed by atoms with E-state index >= 15 is 0 Å². The lowest BCUT2D eigenvalue weighted by atomic mass is 9.84. The van der Waals surface area contributed by atoms with Crippen LogP contribution in [0.3, 0.4) is 0 Å². The lowest BCUT2D eigenvalue weighted by Crippen LogP contribution is -2.43. The number of halogens is 2. The third-order valence-electron chi connectivity index (χ3n) is 6.17. The van der Waals surface area contributed by atoms with Crippen molar-refractivity contribution in [3.63, 3.8) is 0 Å². The molecular weight excluding hydrogens is 515 g/mol. The molecule has 2 heterocycles. The van der Waals surface area contributed by atoms with Gasteiger partial charge in [-0.05, 0) is 47.5 Å². The molecule has 4 N–H and O–H groups in total. The Morgan fingerprint density at radius 2 is 1.81 bits per heavy atom. The summed E-state index contributed by atoms with van der Waals surface area (Å²) in [5.74, 6) is -0.302. The molecule has 0 aliphatic carbocycles. The first kappa shape index (κ1) is 24.6. The molecule has 0 spiro atoms. The zero-order valence-corrected chi connectivity index (χ0v) is 21.0. The Morgan fingerprint density at radius 1 is 1.08 bits per heavy atom. The zero-order chi connectivity index (χ0) is 26.3. The average Bonchev–Trinajstić information content (AvgIpc) is 3.31. The van der Waals surface area contributed by atoms with Crippen molar-refractivity contribution in [2.45, 2.75) is 12.1 Å². The van der Waals surface area contributed by atoms with Crippen LogP contribution in [0.4, 0.5) is 0 Å². The van der Waals surface area contributed by atoms with Crippen LogP contribution in [0.1, 0.15) is 17.0 Å². The van der Waals surface area contributed by atoms with Crippen LogP contribution in [0.15, 0.2) is 77.9 Å². The van der Waals surface area contributed by atoms with Crippen molar-refractivity contribution < 1.29 is 14.5 Å². The van der Waals surface area contributed by atoms with Crippen LogP contribution in [-0.4, -0.2) is 30.8 Å². The van der Waals surface area contributed by atoms with Crippen LogP contribution in [0, 0.1) is 0 Å². The SMILES string of the molecule is C[n+]1cn[nH]c1C(O)(c1ccc(Cl)cc1)c1ccc2c(c1)c(-c1cccc(Cl)c1)nc(=O)n2CC(N)=O. The number of hydrogen-bond donors (Lipinski definition) is 3. The van der Waals surface area contributed by atoms with E-state index in [0.29, 0.717) is 49.2 Å². The fourth-order valence-corrected chi connectivity index (χ4v) is 4.77. The molecule has 5 rings (SSSR count). The lowest BCUT2D eigenvalue weighted by molar-refractivity contribution is -0.684. The van der Waals surface area contributed by atoms with Crippen molar-refractivity contribution in [3.8, 4) is 11.3 Å². The number of benzene rings is 3. The number of carbonyl (C=O) groups excluding carboxylic acids is 1. The summed E-state index contributed by atoms with van der Waals surface area (Å²) in [7, 11) is 1.75. The van der Waals surface area contributed by atoms with Crippen molar-refractivity contribution in [1.82, 2.24) is 19.7 Å². The van der Waals surface area contributed by atoms with Gasteiger partial charge in [0.1, 0.15) is 6.54 Å². The second-order valence-electron chi connectivity index (χ2n) is 8.57. The summed E-state index contributed by atoms with van der Waals surface area (Å²) in [6.45, 7) is -0.353. The van der Waals surface area contributed by atoms with E-state index in [9.17, 15) is 14.7 Å². The normalized spacial score (nSPS) is 13.0. The summed E-state index contributed by atoms with van der Waals surface area (Å²) >= 11 is 12.4. The fraction of sp³-hybridized carbons (Fsp3) is 0.115. The van der Waals surface area contributed by atoms with Gasteiger partial charge in [0, 0.05) is 26.1 Å². The Kier molecular flexibility index (Phi) is 6.28. The predicted molar refractivity (Wildman–Crippen MR) is 139 cm³/mol. The number of rotatable bonds is 6. The maximum atomic E-state index is 12.9. The Balaban J connectivity index is 1.85. The molecule has 0 saturated carbocycles. The van der Waals surface area contributed by atoms with Gasteiger partial charge < -0.3 is 10.8 Å². The smallest absolute Gasteiger partial charge is 0.349 e. The molecule has 5 aromatic rings. The highest BCUT2D eigenvalue weighted by atomic mass is 35.5. The molecule has 3 aromatic carbocycles. The zero-order valence-electron chi connectivity index (χ0n) is 19.5. The largest absolute Gasteiger partial charge is 0.371 e. The Morgan fingerprint density at radius 3 is 2.46 bits per heavy atom. The number of nitrogens with two attached hydrogens (primary N) is 1. The van der Waals surface area contributed by atoms with E-state index < -0.39 is 17.2 Å². The lowest BCUT2D eigenvalue weighted by Gasteiger charge is -2.26. The number of carbonyl (C=O) groups is 1. The Labute approximate surface area is 220 Å². The van der Waals surface area contributed by atoms with Crippen LogP contribution >= 0.6 is 23.2 Å². The van der Waals surface area contributed by atoms with Gasteiger partial charge in [-0.25, -0.2) is 9.36 Å². The van der Waals surface area contributed by atoms with Crippen molar-refractivity contribution in [2.75, 3.05) is 0 Å². The molecule has 1 atom stereocenters. The van der Waals surface area contributed by atoms with E-state index in [1.165, 1.54) is 4.57 Å².